The smallest absolute Gasteiger partial charge is 0.214 e. The van der Waals surface area contributed by atoms with E-state index in [4.69, 9.17) is 15.0 Å². The van der Waals surface area contributed by atoms with Gasteiger partial charge in [0, 0.05) is 11.3 Å². The third-order valence-corrected chi connectivity index (χ3v) is 6.46. The molecule has 4 aromatic rings. The van der Waals surface area contributed by atoms with E-state index in [0.29, 0.717) is 5.92 Å². The molecule has 1 N–H and O–H groups in total. The number of H-pyrrole nitrogens is 1. The Labute approximate surface area is 159 Å². The van der Waals surface area contributed by atoms with E-state index in [1.165, 1.54) is 37.4 Å². The van der Waals surface area contributed by atoms with Crippen molar-refractivity contribution in [2.24, 2.45) is 0 Å². The number of thiophene rings is 1. The zero-order valence-corrected chi connectivity index (χ0v) is 15.7. The van der Waals surface area contributed by atoms with E-state index in [2.05, 4.69) is 16.3 Å². The van der Waals surface area contributed by atoms with Gasteiger partial charge in [-0.05, 0) is 42.1 Å². The molecule has 0 amide bonds. The number of aromatic amines is 1. The highest BCUT2D eigenvalue weighted by molar-refractivity contribution is 7.99. The third-order valence-electron chi connectivity index (χ3n) is 4.72. The zero-order valence-electron chi connectivity index (χ0n) is 14.1. The summed E-state index contributed by atoms with van der Waals surface area (Å²) in [6, 6.07) is 12.2. The van der Waals surface area contributed by atoms with Gasteiger partial charge in [-0.1, -0.05) is 37.1 Å². The maximum atomic E-state index is 4.81. The van der Waals surface area contributed by atoms with E-state index in [9.17, 15) is 0 Å². The molecule has 3 heterocycles. The van der Waals surface area contributed by atoms with Gasteiger partial charge >= 0.3 is 0 Å². The Morgan fingerprint density at radius 1 is 1.00 bits per heavy atom. The molecule has 7 heteroatoms. The Balaban J connectivity index is 1.53. The second kappa shape index (κ2) is 6.81. The molecule has 0 aliphatic heterocycles. The number of para-hydroxylation sites is 1. The average molecular weight is 380 g/mol. The molecule has 0 radical (unpaired) electrons. The van der Waals surface area contributed by atoms with Crippen LogP contribution in [0, 0.1) is 0 Å². The van der Waals surface area contributed by atoms with Crippen molar-refractivity contribution < 1.29 is 0 Å². The monoisotopic (exact) mass is 379 g/mol. The van der Waals surface area contributed by atoms with Crippen LogP contribution < -0.4 is 0 Å². The number of hydrogen-bond donors (Lipinski definition) is 1. The Morgan fingerprint density at radius 3 is 2.73 bits per heavy atom. The maximum absolute atomic E-state index is 4.81. The van der Waals surface area contributed by atoms with Crippen molar-refractivity contribution in [3.63, 3.8) is 0 Å². The first kappa shape index (κ1) is 16.0. The number of aromatic nitrogens is 5. The number of benzene rings is 1. The second-order valence-corrected chi connectivity index (χ2v) is 8.34. The van der Waals surface area contributed by atoms with Crippen LogP contribution in [-0.4, -0.2) is 25.1 Å². The van der Waals surface area contributed by atoms with Crippen LogP contribution in [0.4, 0.5) is 0 Å². The maximum Gasteiger partial charge on any atom is 0.214 e. The molecule has 130 valence electrons. The van der Waals surface area contributed by atoms with Crippen LogP contribution in [-0.2, 0) is 0 Å². The lowest BCUT2D eigenvalue weighted by Crippen LogP contribution is -1.95. The van der Waals surface area contributed by atoms with Crippen molar-refractivity contribution >= 4 is 34.0 Å². The first-order valence-electron chi connectivity index (χ1n) is 8.77. The SMILES string of the molecule is c1csc(-c2nc(Sc3n[nH]c(C4CCCC4)n3)c3ccccc3n2)c1. The fraction of sp³-hybridized carbons (Fsp3) is 0.263. The Kier molecular flexibility index (Phi) is 4.18. The minimum absolute atomic E-state index is 0.528. The van der Waals surface area contributed by atoms with E-state index in [1.807, 2.05) is 35.7 Å². The van der Waals surface area contributed by atoms with Crippen LogP contribution in [0.15, 0.2) is 52.0 Å². The lowest BCUT2D eigenvalue weighted by Gasteiger charge is -2.06. The van der Waals surface area contributed by atoms with E-state index in [0.717, 1.165) is 37.6 Å². The van der Waals surface area contributed by atoms with Gasteiger partial charge < -0.3 is 0 Å². The summed E-state index contributed by atoms with van der Waals surface area (Å²) < 4.78 is 0. The van der Waals surface area contributed by atoms with Crippen molar-refractivity contribution in [1.29, 1.82) is 0 Å². The fourth-order valence-electron chi connectivity index (χ4n) is 3.41. The van der Waals surface area contributed by atoms with Crippen LogP contribution >= 0.6 is 23.1 Å². The highest BCUT2D eigenvalue weighted by Gasteiger charge is 2.21. The van der Waals surface area contributed by atoms with Gasteiger partial charge in [-0.25, -0.2) is 15.0 Å². The third kappa shape index (κ3) is 3.01. The normalized spacial score (nSPS) is 15.1. The topological polar surface area (TPSA) is 67.3 Å². The van der Waals surface area contributed by atoms with Crippen molar-refractivity contribution in [2.75, 3.05) is 0 Å². The highest BCUT2D eigenvalue weighted by Crippen LogP contribution is 2.35. The van der Waals surface area contributed by atoms with Crippen molar-refractivity contribution in [2.45, 2.75) is 41.8 Å². The van der Waals surface area contributed by atoms with Crippen molar-refractivity contribution in [3.05, 3.63) is 47.6 Å². The van der Waals surface area contributed by atoms with Gasteiger partial charge in [0.25, 0.3) is 0 Å². The molecular weight excluding hydrogens is 362 g/mol. The molecule has 1 aliphatic carbocycles. The lowest BCUT2D eigenvalue weighted by molar-refractivity contribution is 0.671. The lowest BCUT2D eigenvalue weighted by atomic mass is 10.1. The summed E-state index contributed by atoms with van der Waals surface area (Å²) in [6.07, 6.45) is 4.99. The van der Waals surface area contributed by atoms with Crippen LogP contribution in [0.1, 0.15) is 37.4 Å². The summed E-state index contributed by atoms with van der Waals surface area (Å²) in [5.41, 5.74) is 0.944. The van der Waals surface area contributed by atoms with Gasteiger partial charge in [0.1, 0.15) is 10.9 Å². The summed E-state index contributed by atoms with van der Waals surface area (Å²) in [5.74, 6) is 2.30. The van der Waals surface area contributed by atoms with Gasteiger partial charge in [-0.15, -0.1) is 16.4 Å². The second-order valence-electron chi connectivity index (χ2n) is 6.43. The molecule has 1 saturated carbocycles. The first-order chi connectivity index (χ1) is 12.9. The predicted octanol–water partition coefficient (Wildman–Crippen LogP) is 5.29. The Morgan fingerprint density at radius 2 is 1.88 bits per heavy atom. The van der Waals surface area contributed by atoms with Gasteiger partial charge in [0.05, 0.1) is 10.4 Å². The number of nitrogens with zero attached hydrogens (tertiary/aromatic N) is 4. The minimum atomic E-state index is 0.528. The molecule has 26 heavy (non-hydrogen) atoms. The summed E-state index contributed by atoms with van der Waals surface area (Å²) in [7, 11) is 0. The molecular formula is C19H17N5S2. The molecule has 1 aliphatic rings. The number of nitrogens with one attached hydrogen (secondary N) is 1. The first-order valence-corrected chi connectivity index (χ1v) is 10.5. The molecule has 0 saturated heterocycles. The number of fused-ring (bicyclic) bond motifs is 1. The molecule has 0 spiro atoms. The molecule has 1 fully saturated rings. The molecule has 5 nitrogen and oxygen atoms in total. The minimum Gasteiger partial charge on any atom is -0.262 e. The fourth-order valence-corrected chi connectivity index (χ4v) is 4.89. The van der Waals surface area contributed by atoms with Crippen molar-refractivity contribution in [3.8, 4) is 10.7 Å². The van der Waals surface area contributed by atoms with Crippen LogP contribution in [0.3, 0.4) is 0 Å². The molecule has 5 rings (SSSR count). The Hall–Kier alpha value is -2.25. The van der Waals surface area contributed by atoms with E-state index in [1.54, 1.807) is 11.3 Å². The number of hydrogen-bond acceptors (Lipinski definition) is 6. The number of rotatable bonds is 4. The summed E-state index contributed by atoms with van der Waals surface area (Å²) in [4.78, 5) is 15.3. The van der Waals surface area contributed by atoms with E-state index >= 15 is 0 Å². The highest BCUT2D eigenvalue weighted by atomic mass is 32.2. The zero-order chi connectivity index (χ0) is 17.3. The quantitative estimate of drug-likeness (QED) is 0.488. The average Bonchev–Trinajstić information content (AvgIpc) is 3.43. The van der Waals surface area contributed by atoms with Crippen LogP contribution in [0.2, 0.25) is 0 Å². The summed E-state index contributed by atoms with van der Waals surface area (Å²) in [6.45, 7) is 0. The molecule has 0 bridgehead atoms. The summed E-state index contributed by atoms with van der Waals surface area (Å²) >= 11 is 3.16. The summed E-state index contributed by atoms with van der Waals surface area (Å²) in [5, 5.41) is 12.3. The molecule has 3 aromatic heterocycles. The molecule has 1 aromatic carbocycles. The predicted molar refractivity (Wildman–Crippen MR) is 105 cm³/mol. The van der Waals surface area contributed by atoms with Crippen molar-refractivity contribution in [1.82, 2.24) is 25.1 Å². The van der Waals surface area contributed by atoms with Gasteiger partial charge in [-0.3, -0.25) is 5.10 Å². The Bertz CT molecular complexity index is 1040. The van der Waals surface area contributed by atoms with Gasteiger partial charge in [0.15, 0.2) is 5.82 Å². The largest absolute Gasteiger partial charge is 0.262 e. The van der Waals surface area contributed by atoms with Gasteiger partial charge in [0.2, 0.25) is 5.16 Å². The van der Waals surface area contributed by atoms with E-state index < -0.39 is 0 Å². The van der Waals surface area contributed by atoms with Crippen LogP contribution in [0.25, 0.3) is 21.6 Å². The van der Waals surface area contributed by atoms with E-state index in [-0.39, 0.29) is 0 Å². The molecule has 0 unspecified atom stereocenters. The van der Waals surface area contributed by atoms with Gasteiger partial charge in [-0.2, -0.15) is 0 Å². The standard InChI is InChI=1S/C19H17N5S2/c1-2-7-12(6-1)16-22-19(24-23-16)26-18-13-8-3-4-9-14(13)20-17(21-18)15-10-5-11-25-15/h3-5,8-12H,1-2,6-7H2,(H,22,23,24). The van der Waals surface area contributed by atoms with Crippen LogP contribution in [0.5, 0.6) is 0 Å². The molecule has 0 atom stereocenters.